The van der Waals surface area contributed by atoms with E-state index in [9.17, 15) is 9.59 Å². The molecule has 1 heterocycles. The van der Waals surface area contributed by atoms with Gasteiger partial charge >= 0.3 is 11.9 Å². The second-order valence-electron chi connectivity index (χ2n) is 5.30. The number of fused-ring (bicyclic) bond motifs is 1. The van der Waals surface area contributed by atoms with E-state index in [1.807, 2.05) is 20.8 Å². The maximum atomic E-state index is 11.9. The third kappa shape index (κ3) is 1.85. The summed E-state index contributed by atoms with van der Waals surface area (Å²) in [7, 11) is 0. The van der Waals surface area contributed by atoms with Gasteiger partial charge in [-0.3, -0.25) is 4.79 Å². The van der Waals surface area contributed by atoms with Crippen LogP contribution in [-0.2, 0) is 19.1 Å². The van der Waals surface area contributed by atoms with Crippen molar-refractivity contribution in [3.05, 3.63) is 23.0 Å². The van der Waals surface area contributed by atoms with Crippen molar-refractivity contribution in [1.82, 2.24) is 0 Å². The average Bonchev–Trinajstić information content (AvgIpc) is 2.49. The molecule has 1 saturated heterocycles. The molecule has 1 aliphatic carbocycles. The largest absolute Gasteiger partial charge is 0.463 e. The minimum absolute atomic E-state index is 0.0619. The maximum absolute atomic E-state index is 11.9. The molecule has 0 aromatic carbocycles. The molecular formula is C14H18O4. The van der Waals surface area contributed by atoms with E-state index >= 15 is 0 Å². The van der Waals surface area contributed by atoms with Crippen molar-refractivity contribution in [2.24, 2.45) is 11.3 Å². The Morgan fingerprint density at radius 2 is 2.22 bits per heavy atom. The Bertz CT molecular complexity index is 468. The van der Waals surface area contributed by atoms with Crippen LogP contribution in [0, 0.1) is 11.3 Å². The Labute approximate surface area is 107 Å². The van der Waals surface area contributed by atoms with Crippen LogP contribution in [0.1, 0.15) is 34.1 Å². The fourth-order valence-corrected chi connectivity index (χ4v) is 2.42. The molecule has 4 nitrogen and oxygen atoms in total. The highest BCUT2D eigenvalue weighted by Gasteiger charge is 2.50. The van der Waals surface area contributed by atoms with Crippen LogP contribution in [0.5, 0.6) is 0 Å². The molecule has 1 aliphatic heterocycles. The standard InChI is InChI=1S/C14H18O4/c1-5-17-12(15)9-7-10-11(6-8(9)2)18-13(16)14(10,3)4/h6,10H,5,7H2,1-4H3. The van der Waals surface area contributed by atoms with Crippen LogP contribution < -0.4 is 0 Å². The van der Waals surface area contributed by atoms with E-state index in [4.69, 9.17) is 9.47 Å². The van der Waals surface area contributed by atoms with E-state index in [0.717, 1.165) is 5.57 Å². The molecule has 1 atom stereocenters. The monoisotopic (exact) mass is 250 g/mol. The smallest absolute Gasteiger partial charge is 0.334 e. The predicted molar refractivity (Wildman–Crippen MR) is 65.4 cm³/mol. The van der Waals surface area contributed by atoms with Crippen LogP contribution in [0.3, 0.4) is 0 Å². The van der Waals surface area contributed by atoms with Crippen molar-refractivity contribution in [2.45, 2.75) is 34.1 Å². The highest BCUT2D eigenvalue weighted by molar-refractivity contribution is 5.91. The van der Waals surface area contributed by atoms with Crippen molar-refractivity contribution in [3.8, 4) is 0 Å². The van der Waals surface area contributed by atoms with Crippen molar-refractivity contribution >= 4 is 11.9 Å². The first-order chi connectivity index (χ1) is 8.37. The first-order valence-corrected chi connectivity index (χ1v) is 6.18. The van der Waals surface area contributed by atoms with Crippen molar-refractivity contribution in [2.75, 3.05) is 6.61 Å². The zero-order valence-electron chi connectivity index (χ0n) is 11.2. The van der Waals surface area contributed by atoms with Gasteiger partial charge in [-0.25, -0.2) is 4.79 Å². The van der Waals surface area contributed by atoms with Crippen molar-refractivity contribution in [3.63, 3.8) is 0 Å². The first kappa shape index (κ1) is 12.9. The number of allylic oxidation sites excluding steroid dienone is 3. The lowest BCUT2D eigenvalue weighted by Gasteiger charge is -2.25. The van der Waals surface area contributed by atoms with Gasteiger partial charge in [0.1, 0.15) is 5.76 Å². The summed E-state index contributed by atoms with van der Waals surface area (Å²) < 4.78 is 10.3. The summed E-state index contributed by atoms with van der Waals surface area (Å²) in [6.07, 6.45) is 2.29. The van der Waals surface area contributed by atoms with Gasteiger partial charge in [-0.05, 0) is 45.8 Å². The lowest BCUT2D eigenvalue weighted by Crippen LogP contribution is -2.28. The third-order valence-corrected chi connectivity index (χ3v) is 3.72. The number of hydrogen-bond donors (Lipinski definition) is 0. The van der Waals surface area contributed by atoms with E-state index in [0.29, 0.717) is 24.4 Å². The summed E-state index contributed by atoms with van der Waals surface area (Å²) in [4.78, 5) is 23.6. The molecule has 0 aromatic rings. The zero-order chi connectivity index (χ0) is 13.5. The Kier molecular flexibility index (Phi) is 3.05. The Balaban J connectivity index is 2.32. The molecule has 2 rings (SSSR count). The summed E-state index contributed by atoms with van der Waals surface area (Å²) in [5.74, 6) is 0.0979. The maximum Gasteiger partial charge on any atom is 0.334 e. The van der Waals surface area contributed by atoms with Gasteiger partial charge in [0.25, 0.3) is 0 Å². The average molecular weight is 250 g/mol. The van der Waals surface area contributed by atoms with Crippen molar-refractivity contribution < 1.29 is 19.1 Å². The van der Waals surface area contributed by atoms with Crippen LogP contribution in [0.15, 0.2) is 23.0 Å². The Hall–Kier alpha value is -1.58. The molecule has 0 bridgehead atoms. The number of carbonyl (C=O) groups excluding carboxylic acids is 2. The number of rotatable bonds is 2. The molecule has 0 aromatic heterocycles. The quantitative estimate of drug-likeness (QED) is 0.706. The molecule has 2 aliphatic rings. The van der Waals surface area contributed by atoms with E-state index in [1.165, 1.54) is 0 Å². The van der Waals surface area contributed by atoms with E-state index in [1.54, 1.807) is 13.0 Å². The second-order valence-corrected chi connectivity index (χ2v) is 5.30. The van der Waals surface area contributed by atoms with Gasteiger partial charge in [0.15, 0.2) is 0 Å². The number of ether oxygens (including phenoxy) is 2. The van der Waals surface area contributed by atoms with Gasteiger partial charge in [0.05, 0.1) is 12.0 Å². The van der Waals surface area contributed by atoms with Gasteiger partial charge in [-0.2, -0.15) is 0 Å². The lowest BCUT2D eigenvalue weighted by atomic mass is 9.74. The highest BCUT2D eigenvalue weighted by atomic mass is 16.5. The van der Waals surface area contributed by atoms with Crippen LogP contribution in [0.25, 0.3) is 0 Å². The van der Waals surface area contributed by atoms with Gasteiger partial charge in [-0.1, -0.05) is 0 Å². The topological polar surface area (TPSA) is 52.6 Å². The van der Waals surface area contributed by atoms with Gasteiger partial charge < -0.3 is 9.47 Å². The van der Waals surface area contributed by atoms with Crippen LogP contribution in [0.2, 0.25) is 0 Å². The Morgan fingerprint density at radius 1 is 1.56 bits per heavy atom. The molecule has 0 radical (unpaired) electrons. The minimum atomic E-state index is -0.579. The molecule has 4 heteroatoms. The molecule has 98 valence electrons. The summed E-state index contributed by atoms with van der Waals surface area (Å²) >= 11 is 0. The molecule has 1 unspecified atom stereocenters. The molecule has 0 N–H and O–H groups in total. The molecule has 18 heavy (non-hydrogen) atoms. The fraction of sp³-hybridized carbons (Fsp3) is 0.571. The zero-order valence-corrected chi connectivity index (χ0v) is 11.2. The molecule has 0 spiro atoms. The first-order valence-electron chi connectivity index (χ1n) is 6.18. The number of hydrogen-bond acceptors (Lipinski definition) is 4. The summed E-state index contributed by atoms with van der Waals surface area (Å²) in [5, 5.41) is 0. The summed E-state index contributed by atoms with van der Waals surface area (Å²) in [6.45, 7) is 7.68. The fourth-order valence-electron chi connectivity index (χ4n) is 2.42. The van der Waals surface area contributed by atoms with Crippen LogP contribution in [-0.4, -0.2) is 18.5 Å². The number of esters is 2. The second kappa shape index (κ2) is 4.26. The molecule has 0 amide bonds. The van der Waals surface area contributed by atoms with Crippen LogP contribution in [0.4, 0.5) is 0 Å². The molecule has 0 saturated carbocycles. The highest BCUT2D eigenvalue weighted by Crippen LogP contribution is 2.48. The third-order valence-electron chi connectivity index (χ3n) is 3.72. The summed E-state index contributed by atoms with van der Waals surface area (Å²) in [6, 6.07) is 0. The van der Waals surface area contributed by atoms with E-state index in [-0.39, 0.29) is 17.9 Å². The number of carbonyl (C=O) groups is 2. The molecular weight excluding hydrogens is 232 g/mol. The Morgan fingerprint density at radius 3 is 2.83 bits per heavy atom. The predicted octanol–water partition coefficient (Wildman–Crippen LogP) is 2.35. The summed E-state index contributed by atoms with van der Waals surface area (Å²) in [5.41, 5.74) is 0.895. The lowest BCUT2D eigenvalue weighted by molar-refractivity contribution is -0.143. The van der Waals surface area contributed by atoms with Gasteiger partial charge in [0, 0.05) is 11.5 Å². The normalized spacial score (nSPS) is 25.4. The van der Waals surface area contributed by atoms with Gasteiger partial charge in [-0.15, -0.1) is 0 Å². The van der Waals surface area contributed by atoms with Gasteiger partial charge in [0.2, 0.25) is 0 Å². The van der Waals surface area contributed by atoms with E-state index < -0.39 is 5.41 Å². The molecule has 1 fully saturated rings. The minimum Gasteiger partial charge on any atom is -0.463 e. The van der Waals surface area contributed by atoms with Crippen molar-refractivity contribution in [1.29, 1.82) is 0 Å². The van der Waals surface area contributed by atoms with E-state index in [2.05, 4.69) is 0 Å². The van der Waals surface area contributed by atoms with Crippen LogP contribution >= 0.6 is 0 Å². The SMILES string of the molecule is CCOC(=O)C1=C(C)C=C2OC(=O)C(C)(C)C2C1.